The smallest absolute Gasteiger partial charge is 0.340 e. The Morgan fingerprint density at radius 2 is 2.00 bits per heavy atom. The molecule has 1 aliphatic rings. The maximum absolute atomic E-state index is 11.4. The highest BCUT2D eigenvalue weighted by molar-refractivity contribution is 6.03. The van der Waals surface area contributed by atoms with Crippen LogP contribution in [-0.2, 0) is 11.3 Å². The lowest BCUT2D eigenvalue weighted by Gasteiger charge is -2.21. The van der Waals surface area contributed by atoms with Crippen LogP contribution in [0.5, 0.6) is 0 Å². The largest absolute Gasteiger partial charge is 0.478 e. The van der Waals surface area contributed by atoms with Gasteiger partial charge in [-0.05, 0) is 18.9 Å². The molecule has 3 rings (SSSR count). The minimum atomic E-state index is -0.961. The van der Waals surface area contributed by atoms with Gasteiger partial charge in [-0.1, -0.05) is 37.5 Å². The van der Waals surface area contributed by atoms with Crippen LogP contribution in [0.4, 0.5) is 0 Å². The van der Waals surface area contributed by atoms with E-state index in [1.54, 1.807) is 12.1 Å². The number of carboxylic acid groups (broad SMARTS) is 1. The van der Waals surface area contributed by atoms with Gasteiger partial charge in [0.2, 0.25) is 0 Å². The molecule has 0 saturated heterocycles. The zero-order chi connectivity index (χ0) is 13.9. The third-order valence-electron chi connectivity index (χ3n) is 3.88. The number of para-hydroxylation sites is 1. The number of carbonyl (C=O) groups is 1. The SMILES string of the molecule is O=C(O)c1c(COC2CCCCC2)oc2ccccc12. The molecule has 2 aromatic rings. The standard InChI is InChI=1S/C16H18O4/c17-16(18)15-12-8-4-5-9-13(12)20-14(15)10-19-11-6-2-1-3-7-11/h4-5,8-9,11H,1-3,6-7,10H2,(H,17,18). The fourth-order valence-corrected chi connectivity index (χ4v) is 2.86. The lowest BCUT2D eigenvalue weighted by Crippen LogP contribution is -2.16. The number of hydrogen-bond acceptors (Lipinski definition) is 3. The fraction of sp³-hybridized carbons (Fsp3) is 0.438. The van der Waals surface area contributed by atoms with Crippen LogP contribution in [0.15, 0.2) is 28.7 Å². The van der Waals surface area contributed by atoms with Crippen LogP contribution in [-0.4, -0.2) is 17.2 Å². The summed E-state index contributed by atoms with van der Waals surface area (Å²) in [6, 6.07) is 7.21. The van der Waals surface area contributed by atoms with Crippen LogP contribution in [0, 0.1) is 0 Å². The Balaban J connectivity index is 1.82. The molecule has 1 fully saturated rings. The first kappa shape index (κ1) is 13.2. The third kappa shape index (κ3) is 2.56. The molecule has 1 aromatic heterocycles. The highest BCUT2D eigenvalue weighted by atomic mass is 16.5. The Morgan fingerprint density at radius 3 is 2.75 bits per heavy atom. The minimum Gasteiger partial charge on any atom is -0.478 e. The first-order chi connectivity index (χ1) is 9.75. The number of rotatable bonds is 4. The molecule has 0 atom stereocenters. The third-order valence-corrected chi connectivity index (χ3v) is 3.88. The molecule has 1 N–H and O–H groups in total. The van der Waals surface area contributed by atoms with Gasteiger partial charge in [0.15, 0.2) is 0 Å². The molecule has 0 bridgehead atoms. The van der Waals surface area contributed by atoms with Crippen LogP contribution in [0.3, 0.4) is 0 Å². The average molecular weight is 274 g/mol. The van der Waals surface area contributed by atoms with Gasteiger partial charge in [0, 0.05) is 5.39 Å². The molecule has 0 unspecified atom stereocenters. The van der Waals surface area contributed by atoms with Crippen molar-refractivity contribution in [1.29, 1.82) is 0 Å². The number of hydrogen-bond donors (Lipinski definition) is 1. The number of fused-ring (bicyclic) bond motifs is 1. The number of furan rings is 1. The van der Waals surface area contributed by atoms with Crippen molar-refractivity contribution >= 4 is 16.9 Å². The van der Waals surface area contributed by atoms with Crippen LogP contribution in [0.25, 0.3) is 11.0 Å². The van der Waals surface area contributed by atoms with Gasteiger partial charge in [-0.2, -0.15) is 0 Å². The fourth-order valence-electron chi connectivity index (χ4n) is 2.86. The van der Waals surface area contributed by atoms with E-state index in [0.717, 1.165) is 12.8 Å². The number of ether oxygens (including phenoxy) is 1. The van der Waals surface area contributed by atoms with Gasteiger partial charge in [-0.25, -0.2) is 4.79 Å². The predicted octanol–water partition coefficient (Wildman–Crippen LogP) is 3.98. The summed E-state index contributed by atoms with van der Waals surface area (Å²) in [7, 11) is 0. The van der Waals surface area contributed by atoms with E-state index in [4.69, 9.17) is 9.15 Å². The van der Waals surface area contributed by atoms with Gasteiger partial charge < -0.3 is 14.3 Å². The highest BCUT2D eigenvalue weighted by Gasteiger charge is 2.21. The van der Waals surface area contributed by atoms with Crippen LogP contribution >= 0.6 is 0 Å². The van der Waals surface area contributed by atoms with Gasteiger partial charge in [0.1, 0.15) is 23.5 Å². The molecule has 0 radical (unpaired) electrons. The summed E-state index contributed by atoms with van der Waals surface area (Å²) in [5.74, 6) is -0.540. The molecule has 1 aromatic carbocycles. The summed E-state index contributed by atoms with van der Waals surface area (Å²) >= 11 is 0. The molecule has 0 aliphatic heterocycles. The summed E-state index contributed by atoms with van der Waals surface area (Å²) in [6.45, 7) is 0.237. The second-order valence-electron chi connectivity index (χ2n) is 5.27. The molecular weight excluding hydrogens is 256 g/mol. The first-order valence-corrected chi connectivity index (χ1v) is 7.11. The van der Waals surface area contributed by atoms with Gasteiger partial charge >= 0.3 is 5.97 Å². The molecule has 106 valence electrons. The lowest BCUT2D eigenvalue weighted by atomic mass is 9.98. The van der Waals surface area contributed by atoms with E-state index in [0.29, 0.717) is 16.7 Å². The summed E-state index contributed by atoms with van der Waals surface area (Å²) in [4.78, 5) is 11.4. The maximum atomic E-state index is 11.4. The summed E-state index contributed by atoms with van der Waals surface area (Å²) in [5, 5.41) is 10.0. The Hall–Kier alpha value is -1.81. The number of aromatic carboxylic acids is 1. The highest BCUT2D eigenvalue weighted by Crippen LogP contribution is 2.28. The second kappa shape index (κ2) is 5.67. The monoisotopic (exact) mass is 274 g/mol. The van der Waals surface area contributed by atoms with E-state index in [1.807, 2.05) is 12.1 Å². The predicted molar refractivity (Wildman–Crippen MR) is 74.8 cm³/mol. The van der Waals surface area contributed by atoms with Crippen molar-refractivity contribution in [3.8, 4) is 0 Å². The summed E-state index contributed by atoms with van der Waals surface area (Å²) in [6.07, 6.45) is 6.00. The van der Waals surface area contributed by atoms with Crippen molar-refractivity contribution in [3.63, 3.8) is 0 Å². The number of carboxylic acids is 1. The molecule has 4 nitrogen and oxygen atoms in total. The van der Waals surface area contributed by atoms with E-state index < -0.39 is 5.97 Å². The van der Waals surface area contributed by atoms with Gasteiger partial charge in [-0.3, -0.25) is 0 Å². The zero-order valence-corrected chi connectivity index (χ0v) is 11.3. The molecule has 1 saturated carbocycles. The van der Waals surface area contributed by atoms with E-state index in [-0.39, 0.29) is 18.3 Å². The van der Waals surface area contributed by atoms with Gasteiger partial charge in [-0.15, -0.1) is 0 Å². The Morgan fingerprint density at radius 1 is 1.25 bits per heavy atom. The second-order valence-corrected chi connectivity index (χ2v) is 5.27. The van der Waals surface area contributed by atoms with E-state index >= 15 is 0 Å². The average Bonchev–Trinajstić information content (AvgIpc) is 2.84. The molecule has 0 amide bonds. The van der Waals surface area contributed by atoms with Crippen molar-refractivity contribution < 1.29 is 19.1 Å². The zero-order valence-electron chi connectivity index (χ0n) is 11.3. The van der Waals surface area contributed by atoms with Crippen molar-refractivity contribution in [3.05, 3.63) is 35.6 Å². The number of benzene rings is 1. The van der Waals surface area contributed by atoms with Crippen molar-refractivity contribution in [2.75, 3.05) is 0 Å². The van der Waals surface area contributed by atoms with E-state index in [1.165, 1.54) is 19.3 Å². The first-order valence-electron chi connectivity index (χ1n) is 7.11. The van der Waals surface area contributed by atoms with E-state index in [9.17, 15) is 9.90 Å². The Bertz CT molecular complexity index is 608. The Labute approximate surface area is 117 Å². The molecule has 1 aliphatic carbocycles. The normalized spacial score (nSPS) is 16.6. The molecular formula is C16H18O4. The Kier molecular flexibility index (Phi) is 3.74. The lowest BCUT2D eigenvalue weighted by molar-refractivity contribution is 0.00856. The molecule has 1 heterocycles. The van der Waals surface area contributed by atoms with Crippen molar-refractivity contribution in [2.45, 2.75) is 44.8 Å². The quantitative estimate of drug-likeness (QED) is 0.916. The van der Waals surface area contributed by atoms with Crippen molar-refractivity contribution in [2.24, 2.45) is 0 Å². The minimum absolute atomic E-state index is 0.233. The maximum Gasteiger partial charge on any atom is 0.340 e. The van der Waals surface area contributed by atoms with Crippen LogP contribution in [0.2, 0.25) is 0 Å². The van der Waals surface area contributed by atoms with Gasteiger partial charge in [0.05, 0.1) is 6.10 Å². The molecule has 20 heavy (non-hydrogen) atoms. The van der Waals surface area contributed by atoms with Crippen LogP contribution < -0.4 is 0 Å². The molecule has 4 heteroatoms. The summed E-state index contributed by atoms with van der Waals surface area (Å²) in [5.41, 5.74) is 0.837. The topological polar surface area (TPSA) is 59.7 Å². The van der Waals surface area contributed by atoms with Crippen LogP contribution in [0.1, 0.15) is 48.2 Å². The van der Waals surface area contributed by atoms with Gasteiger partial charge in [0.25, 0.3) is 0 Å². The van der Waals surface area contributed by atoms with E-state index in [2.05, 4.69) is 0 Å². The van der Waals surface area contributed by atoms with Crippen molar-refractivity contribution in [1.82, 2.24) is 0 Å². The molecule has 0 spiro atoms. The summed E-state index contributed by atoms with van der Waals surface area (Å²) < 4.78 is 11.5.